The minimum Gasteiger partial charge on any atom is -0.462 e. The molecule has 0 aliphatic heterocycles. The monoisotopic (exact) mass is 837 g/mol. The van der Waals surface area contributed by atoms with E-state index in [9.17, 15) is 9.59 Å². The average Bonchev–Trinajstić information content (AvgIpc) is 3.25. The first-order valence-electron chi connectivity index (χ1n) is 25.5. The van der Waals surface area contributed by atoms with Gasteiger partial charge in [-0.05, 0) is 83.5 Å². The molecule has 5 nitrogen and oxygen atoms in total. The molecule has 0 N–H and O–H groups in total. The van der Waals surface area contributed by atoms with Crippen molar-refractivity contribution < 1.29 is 23.8 Å². The molecule has 1 unspecified atom stereocenters. The Hall–Kier alpha value is -2.66. The number of allylic oxidation sites excluding steroid dienone is 12. The average molecular weight is 837 g/mol. The third-order valence-corrected chi connectivity index (χ3v) is 10.7. The van der Waals surface area contributed by atoms with Gasteiger partial charge in [0.15, 0.2) is 6.10 Å². The zero-order valence-electron chi connectivity index (χ0n) is 39.7. The highest BCUT2D eigenvalue weighted by molar-refractivity contribution is 5.70. The van der Waals surface area contributed by atoms with E-state index in [0.29, 0.717) is 19.4 Å². The minimum absolute atomic E-state index is 0.0743. The molecule has 346 valence electrons. The number of esters is 2. The Balaban J connectivity index is 4.27. The van der Waals surface area contributed by atoms with Crippen LogP contribution in [0.5, 0.6) is 0 Å². The van der Waals surface area contributed by atoms with Crippen LogP contribution in [-0.2, 0) is 23.8 Å². The van der Waals surface area contributed by atoms with Gasteiger partial charge in [0.05, 0.1) is 6.61 Å². The molecule has 0 aliphatic carbocycles. The fourth-order valence-corrected chi connectivity index (χ4v) is 7.01. The number of rotatable bonds is 46. The van der Waals surface area contributed by atoms with Gasteiger partial charge >= 0.3 is 11.9 Å². The van der Waals surface area contributed by atoms with E-state index in [1.54, 1.807) is 0 Å². The van der Waals surface area contributed by atoms with E-state index in [2.05, 4.69) is 93.7 Å². The van der Waals surface area contributed by atoms with Crippen LogP contribution < -0.4 is 0 Å². The molecule has 0 aromatic heterocycles. The lowest BCUT2D eigenvalue weighted by Crippen LogP contribution is -2.30. The van der Waals surface area contributed by atoms with E-state index in [0.717, 1.165) is 96.3 Å². The van der Waals surface area contributed by atoms with Crippen LogP contribution in [-0.4, -0.2) is 37.9 Å². The van der Waals surface area contributed by atoms with Gasteiger partial charge < -0.3 is 14.2 Å². The van der Waals surface area contributed by atoms with Crippen LogP contribution in [0.2, 0.25) is 0 Å². The second kappa shape index (κ2) is 50.7. The normalized spacial score (nSPS) is 12.8. The van der Waals surface area contributed by atoms with Crippen LogP contribution in [0.3, 0.4) is 0 Å². The maximum absolute atomic E-state index is 12.8. The Morgan fingerprint density at radius 1 is 0.383 bits per heavy atom. The quantitative estimate of drug-likeness (QED) is 0.0347. The lowest BCUT2D eigenvalue weighted by Gasteiger charge is -2.18. The predicted molar refractivity (Wildman–Crippen MR) is 260 cm³/mol. The summed E-state index contributed by atoms with van der Waals surface area (Å²) in [5, 5.41) is 0. The van der Waals surface area contributed by atoms with E-state index in [-0.39, 0.29) is 25.2 Å². The Morgan fingerprint density at radius 3 is 1.20 bits per heavy atom. The summed E-state index contributed by atoms with van der Waals surface area (Å²) < 4.78 is 17.4. The smallest absolute Gasteiger partial charge is 0.306 e. The van der Waals surface area contributed by atoms with Crippen molar-refractivity contribution in [2.75, 3.05) is 19.8 Å². The lowest BCUT2D eigenvalue weighted by molar-refractivity contribution is -0.163. The van der Waals surface area contributed by atoms with Gasteiger partial charge in [-0.1, -0.05) is 216 Å². The third-order valence-electron chi connectivity index (χ3n) is 10.7. The van der Waals surface area contributed by atoms with Gasteiger partial charge in [-0.15, -0.1) is 0 Å². The summed E-state index contributed by atoms with van der Waals surface area (Å²) >= 11 is 0. The number of hydrogen-bond donors (Lipinski definition) is 0. The lowest BCUT2D eigenvalue weighted by atomic mass is 10.1. The minimum atomic E-state index is -0.546. The van der Waals surface area contributed by atoms with Gasteiger partial charge in [0.25, 0.3) is 0 Å². The van der Waals surface area contributed by atoms with Crippen LogP contribution in [0.15, 0.2) is 72.9 Å². The molecule has 0 aromatic carbocycles. The highest BCUT2D eigenvalue weighted by Gasteiger charge is 2.17. The zero-order chi connectivity index (χ0) is 43.5. The summed E-state index contributed by atoms with van der Waals surface area (Å²) in [7, 11) is 0. The number of ether oxygens (including phenoxy) is 3. The summed E-state index contributed by atoms with van der Waals surface area (Å²) in [4.78, 5) is 25.4. The first kappa shape index (κ1) is 57.3. The standard InChI is InChI=1S/C55H96O5/c1-4-7-10-13-16-19-22-24-26-28-29-31-34-36-39-42-45-48-54(56)59-52-53(60-55(57)49-46-43-40-37-33-21-18-15-12-9-6-3)51-58-50-47-44-41-38-35-32-30-27-25-23-20-17-14-11-8-5-2/h7-8,10-11,16-17,19-20,24-27,53H,4-6,9,12-15,18,21-23,28-52H2,1-3H3/b10-7-,11-8-,19-16-,20-17-,26-24-,27-25-. The molecule has 0 spiro atoms. The number of carbonyl (C=O) groups excluding carboxylic acids is 2. The Bertz CT molecular complexity index is 1080. The first-order chi connectivity index (χ1) is 29.6. The molecule has 0 saturated carbocycles. The summed E-state index contributed by atoms with van der Waals surface area (Å²) in [5.41, 5.74) is 0. The van der Waals surface area contributed by atoms with Crippen molar-refractivity contribution >= 4 is 11.9 Å². The molecular formula is C55H96O5. The molecule has 60 heavy (non-hydrogen) atoms. The molecular weight excluding hydrogens is 741 g/mol. The zero-order valence-corrected chi connectivity index (χ0v) is 39.7. The van der Waals surface area contributed by atoms with E-state index in [4.69, 9.17) is 14.2 Å². The van der Waals surface area contributed by atoms with Crippen molar-refractivity contribution in [2.45, 2.75) is 245 Å². The molecule has 0 radical (unpaired) electrons. The molecule has 0 heterocycles. The van der Waals surface area contributed by atoms with Crippen molar-refractivity contribution in [3.05, 3.63) is 72.9 Å². The molecule has 1 atom stereocenters. The molecule has 0 amide bonds. The highest BCUT2D eigenvalue weighted by Crippen LogP contribution is 2.14. The van der Waals surface area contributed by atoms with Gasteiger partial charge in [-0.3, -0.25) is 9.59 Å². The fraction of sp³-hybridized carbons (Fsp3) is 0.745. The van der Waals surface area contributed by atoms with Crippen molar-refractivity contribution in [3.8, 4) is 0 Å². The molecule has 0 saturated heterocycles. The molecule has 0 aromatic rings. The maximum Gasteiger partial charge on any atom is 0.306 e. The van der Waals surface area contributed by atoms with E-state index in [1.807, 2.05) is 0 Å². The molecule has 0 fully saturated rings. The number of hydrogen-bond acceptors (Lipinski definition) is 5. The van der Waals surface area contributed by atoms with Gasteiger partial charge in [0.2, 0.25) is 0 Å². The van der Waals surface area contributed by atoms with Crippen molar-refractivity contribution in [3.63, 3.8) is 0 Å². The number of unbranched alkanes of at least 4 members (excludes halogenated alkanes) is 23. The van der Waals surface area contributed by atoms with Gasteiger partial charge in [-0.25, -0.2) is 0 Å². The Morgan fingerprint density at radius 2 is 0.750 bits per heavy atom. The van der Waals surface area contributed by atoms with Crippen LogP contribution in [0.4, 0.5) is 0 Å². The van der Waals surface area contributed by atoms with Crippen molar-refractivity contribution in [1.82, 2.24) is 0 Å². The van der Waals surface area contributed by atoms with Crippen LogP contribution in [0.1, 0.15) is 239 Å². The van der Waals surface area contributed by atoms with Crippen LogP contribution >= 0.6 is 0 Å². The van der Waals surface area contributed by atoms with Crippen LogP contribution in [0, 0.1) is 0 Å². The highest BCUT2D eigenvalue weighted by atomic mass is 16.6. The van der Waals surface area contributed by atoms with E-state index >= 15 is 0 Å². The van der Waals surface area contributed by atoms with Crippen molar-refractivity contribution in [2.24, 2.45) is 0 Å². The third kappa shape index (κ3) is 48.0. The van der Waals surface area contributed by atoms with Gasteiger partial charge in [0, 0.05) is 19.4 Å². The number of carbonyl (C=O) groups is 2. The summed E-state index contributed by atoms with van der Waals surface area (Å²) in [6.45, 7) is 7.58. The van der Waals surface area contributed by atoms with Gasteiger partial charge in [0.1, 0.15) is 6.61 Å². The molecule has 0 aliphatic rings. The maximum atomic E-state index is 12.8. The SMILES string of the molecule is CC/C=C\C/C=C\C/C=C\CCCCCCCCCC(=O)OCC(COCCCCCCCC/C=C\C/C=C\C/C=C\CC)OC(=O)CCCCCCCCCCCCC. The van der Waals surface area contributed by atoms with E-state index in [1.165, 1.54) is 109 Å². The predicted octanol–water partition coefficient (Wildman–Crippen LogP) is 17.1. The second-order valence-corrected chi connectivity index (χ2v) is 16.7. The Labute approximate surface area is 372 Å². The largest absolute Gasteiger partial charge is 0.462 e. The molecule has 5 heteroatoms. The van der Waals surface area contributed by atoms with Gasteiger partial charge in [-0.2, -0.15) is 0 Å². The van der Waals surface area contributed by atoms with Crippen LogP contribution in [0.25, 0.3) is 0 Å². The fourth-order valence-electron chi connectivity index (χ4n) is 7.01. The summed E-state index contributed by atoms with van der Waals surface area (Å²) in [5.74, 6) is -0.413. The molecule has 0 rings (SSSR count). The topological polar surface area (TPSA) is 61.8 Å². The second-order valence-electron chi connectivity index (χ2n) is 16.7. The first-order valence-corrected chi connectivity index (χ1v) is 25.5. The van der Waals surface area contributed by atoms with Crippen molar-refractivity contribution in [1.29, 1.82) is 0 Å². The molecule has 0 bridgehead atoms. The Kier molecular flexibility index (Phi) is 48.4. The summed E-state index contributed by atoms with van der Waals surface area (Å²) in [6.07, 6.45) is 64.8. The summed E-state index contributed by atoms with van der Waals surface area (Å²) in [6, 6.07) is 0. The van der Waals surface area contributed by atoms with E-state index < -0.39 is 6.10 Å².